The number of hydrogen-bond acceptors (Lipinski definition) is 4. The van der Waals surface area contributed by atoms with Gasteiger partial charge in [0.1, 0.15) is 0 Å². The second kappa shape index (κ2) is 8.94. The van der Waals surface area contributed by atoms with E-state index in [1.807, 2.05) is 0 Å². The summed E-state index contributed by atoms with van der Waals surface area (Å²) in [5, 5.41) is 18.4. The predicted octanol–water partition coefficient (Wildman–Crippen LogP) is 1.67. The molecule has 3 aromatic rings. The Morgan fingerprint density at radius 3 is 2.48 bits per heavy atom. The lowest BCUT2D eigenvalue weighted by Gasteiger charge is -2.09. The number of carbonyl (C=O) groups is 1. The number of rotatable bonds is 7. The van der Waals surface area contributed by atoms with Crippen molar-refractivity contribution in [3.05, 3.63) is 99.5 Å². The number of hydrogen-bond donors (Lipinski definition) is 2. The van der Waals surface area contributed by atoms with E-state index in [0.29, 0.717) is 17.4 Å². The summed E-state index contributed by atoms with van der Waals surface area (Å²) in [7, 11) is -1.59. The molecule has 0 saturated carbocycles. The van der Waals surface area contributed by atoms with Crippen LogP contribution in [-0.2, 0) is 13.0 Å². The molecule has 2 N–H and O–H groups in total. The van der Waals surface area contributed by atoms with Crippen molar-refractivity contribution < 1.29 is 23.6 Å². The van der Waals surface area contributed by atoms with E-state index >= 15 is 0 Å². The van der Waals surface area contributed by atoms with E-state index in [2.05, 4.69) is 0 Å². The van der Waals surface area contributed by atoms with Gasteiger partial charge in [-0.2, -0.15) is 0 Å². The van der Waals surface area contributed by atoms with Crippen LogP contribution in [0, 0.1) is 11.6 Å². The minimum atomic E-state index is -1.59. The molecule has 2 aromatic carbocycles. The van der Waals surface area contributed by atoms with Crippen molar-refractivity contribution in [2.75, 3.05) is 0 Å². The van der Waals surface area contributed by atoms with Crippen molar-refractivity contribution in [3.63, 3.8) is 0 Å². The number of ketones is 1. The molecule has 0 aliphatic heterocycles. The van der Waals surface area contributed by atoms with E-state index in [9.17, 15) is 28.4 Å². The smallest absolute Gasteiger partial charge is 0.423 e. The van der Waals surface area contributed by atoms with Crippen LogP contribution in [0.5, 0.6) is 0 Å². The topological polar surface area (TPSA) is 79.5 Å². The van der Waals surface area contributed by atoms with Gasteiger partial charge in [0.15, 0.2) is 17.4 Å². The Bertz CT molecular complexity index is 1100. The molecule has 3 rings (SSSR count). The zero-order valence-corrected chi connectivity index (χ0v) is 15.4. The lowest BCUT2D eigenvalue weighted by molar-refractivity contribution is 0.0981. The van der Waals surface area contributed by atoms with Gasteiger partial charge in [0.2, 0.25) is 0 Å². The average Bonchev–Trinajstić information content (AvgIpc) is 2.70. The van der Waals surface area contributed by atoms with Crippen molar-refractivity contribution >= 4 is 18.4 Å². The molecule has 0 bridgehead atoms. The van der Waals surface area contributed by atoms with Crippen LogP contribution in [0.15, 0.2) is 65.6 Å². The predicted molar refractivity (Wildman–Crippen MR) is 105 cm³/mol. The van der Waals surface area contributed by atoms with Gasteiger partial charge in [-0.15, -0.1) is 0 Å². The van der Waals surface area contributed by atoms with Gasteiger partial charge in [0, 0.05) is 12.6 Å². The van der Waals surface area contributed by atoms with Crippen molar-refractivity contribution in [2.45, 2.75) is 19.4 Å². The van der Waals surface area contributed by atoms with Crippen LogP contribution in [0.25, 0.3) is 0 Å². The summed E-state index contributed by atoms with van der Waals surface area (Å²) in [6.07, 6.45) is 1.87. The minimum Gasteiger partial charge on any atom is -0.423 e. The van der Waals surface area contributed by atoms with E-state index in [1.165, 1.54) is 22.9 Å². The Hall–Kier alpha value is -3.10. The summed E-state index contributed by atoms with van der Waals surface area (Å²) in [6, 6.07) is 12.9. The largest absolute Gasteiger partial charge is 0.488 e. The molecule has 1 aromatic heterocycles. The highest BCUT2D eigenvalue weighted by Gasteiger charge is 2.15. The van der Waals surface area contributed by atoms with Crippen LogP contribution in [0.3, 0.4) is 0 Å². The van der Waals surface area contributed by atoms with Crippen LogP contribution in [0.2, 0.25) is 0 Å². The molecule has 8 heteroatoms. The highest BCUT2D eigenvalue weighted by Crippen LogP contribution is 2.10. The fraction of sp³-hybridized carbons (Fsp3) is 0.143. The van der Waals surface area contributed by atoms with Crippen molar-refractivity contribution in [3.8, 4) is 0 Å². The quantitative estimate of drug-likeness (QED) is 0.470. The summed E-state index contributed by atoms with van der Waals surface area (Å²) >= 11 is 0. The molecule has 0 unspecified atom stereocenters. The number of aromatic nitrogens is 1. The lowest BCUT2D eigenvalue weighted by Crippen LogP contribution is -2.30. The van der Waals surface area contributed by atoms with Gasteiger partial charge in [-0.25, -0.2) is 8.78 Å². The molecule has 148 valence electrons. The number of carbonyl (C=O) groups excluding carboxylic acids is 1. The lowest BCUT2D eigenvalue weighted by atomic mass is 9.79. The molecule has 0 fully saturated rings. The van der Waals surface area contributed by atoms with Gasteiger partial charge in [-0.3, -0.25) is 9.59 Å². The van der Waals surface area contributed by atoms with Gasteiger partial charge in [0.05, 0.1) is 12.1 Å². The van der Waals surface area contributed by atoms with Crippen LogP contribution >= 0.6 is 0 Å². The van der Waals surface area contributed by atoms with Gasteiger partial charge in [-0.05, 0) is 47.3 Å². The Morgan fingerprint density at radius 2 is 1.76 bits per heavy atom. The number of nitrogens with zero attached hydrogens (tertiary/aromatic N) is 1. The molecule has 5 nitrogen and oxygen atoms in total. The maximum absolute atomic E-state index is 13.4. The van der Waals surface area contributed by atoms with Crippen molar-refractivity contribution in [1.82, 2.24) is 4.57 Å². The number of pyridine rings is 1. The van der Waals surface area contributed by atoms with E-state index in [-0.39, 0.29) is 24.3 Å². The zero-order chi connectivity index (χ0) is 21.0. The molecule has 29 heavy (non-hydrogen) atoms. The van der Waals surface area contributed by atoms with Crippen molar-refractivity contribution in [2.24, 2.45) is 0 Å². The molecule has 0 radical (unpaired) electrons. The molecule has 0 aliphatic carbocycles. The molecular weight excluding hydrogens is 379 g/mol. The minimum absolute atomic E-state index is 0.00753. The van der Waals surface area contributed by atoms with E-state index in [0.717, 1.165) is 17.7 Å². The maximum Gasteiger partial charge on any atom is 0.488 e. The summed E-state index contributed by atoms with van der Waals surface area (Å²) in [4.78, 5) is 25.2. The fourth-order valence-electron chi connectivity index (χ4n) is 3.01. The average molecular weight is 397 g/mol. The Labute approximate surface area is 166 Å². The van der Waals surface area contributed by atoms with Gasteiger partial charge < -0.3 is 14.6 Å². The SMILES string of the molecule is O=C(CCc1cccc(B(O)O)c1)c1cccn(Cc2ccc(F)c(F)c2)c1=O. The second-order valence-electron chi connectivity index (χ2n) is 6.65. The molecule has 0 atom stereocenters. The normalized spacial score (nSPS) is 10.8. The first kappa shape index (κ1) is 20.6. The molecule has 0 aliphatic rings. The van der Waals surface area contributed by atoms with Gasteiger partial charge >= 0.3 is 7.12 Å². The van der Waals surface area contributed by atoms with Gasteiger partial charge in [0.25, 0.3) is 5.56 Å². The van der Waals surface area contributed by atoms with E-state index in [4.69, 9.17) is 0 Å². The molecular formula is C21H18BF2NO4. The van der Waals surface area contributed by atoms with Crippen LogP contribution < -0.4 is 11.0 Å². The van der Waals surface area contributed by atoms with E-state index in [1.54, 1.807) is 30.3 Å². The fourth-order valence-corrected chi connectivity index (χ4v) is 3.01. The van der Waals surface area contributed by atoms with Crippen LogP contribution in [-0.4, -0.2) is 27.5 Å². The first-order valence-electron chi connectivity index (χ1n) is 8.96. The number of Topliss-reactive ketones (excluding diaryl/α,β-unsaturated/α-hetero) is 1. The van der Waals surface area contributed by atoms with Crippen LogP contribution in [0.1, 0.15) is 27.9 Å². The number of halogens is 2. The summed E-state index contributed by atoms with van der Waals surface area (Å²) in [5.41, 5.74) is 0.954. The molecule has 0 amide bonds. The monoisotopic (exact) mass is 397 g/mol. The second-order valence-corrected chi connectivity index (χ2v) is 6.65. The maximum atomic E-state index is 13.4. The Kier molecular flexibility index (Phi) is 6.36. The highest BCUT2D eigenvalue weighted by atomic mass is 19.2. The summed E-state index contributed by atoms with van der Waals surface area (Å²) < 4.78 is 27.7. The first-order chi connectivity index (χ1) is 13.8. The highest BCUT2D eigenvalue weighted by molar-refractivity contribution is 6.58. The number of aryl methyl sites for hydroxylation is 1. The van der Waals surface area contributed by atoms with Crippen LogP contribution in [0.4, 0.5) is 8.78 Å². The number of benzene rings is 2. The zero-order valence-electron chi connectivity index (χ0n) is 15.4. The Balaban J connectivity index is 1.74. The van der Waals surface area contributed by atoms with Gasteiger partial charge in [-0.1, -0.05) is 30.3 Å². The third-order valence-electron chi connectivity index (χ3n) is 4.55. The van der Waals surface area contributed by atoms with E-state index < -0.39 is 24.3 Å². The Morgan fingerprint density at radius 1 is 0.966 bits per heavy atom. The molecule has 0 spiro atoms. The summed E-state index contributed by atoms with van der Waals surface area (Å²) in [6.45, 7) is 0.00753. The summed E-state index contributed by atoms with van der Waals surface area (Å²) in [5.74, 6) is -2.33. The third-order valence-corrected chi connectivity index (χ3v) is 4.55. The first-order valence-corrected chi connectivity index (χ1v) is 8.96. The van der Waals surface area contributed by atoms with Crippen molar-refractivity contribution in [1.29, 1.82) is 0 Å². The third kappa shape index (κ3) is 5.04. The molecule has 1 heterocycles. The standard InChI is InChI=1S/C21H18BF2NO4/c23-18-8-6-15(12-19(18)24)13-25-10-2-5-17(21(25)27)20(26)9-7-14-3-1-4-16(11-14)22(28)29/h1-6,8,10-12,28-29H,7,9,13H2. The molecule has 0 saturated heterocycles.